The molecule has 0 rings (SSSR count). The van der Waals surface area contributed by atoms with Crippen LogP contribution in [0.2, 0.25) is 0 Å². The summed E-state index contributed by atoms with van der Waals surface area (Å²) in [5.74, 6) is -4.14. The zero-order chi connectivity index (χ0) is 27.1. The van der Waals surface area contributed by atoms with E-state index in [-0.39, 0.29) is 43.9 Å². The van der Waals surface area contributed by atoms with Crippen molar-refractivity contribution in [3.8, 4) is 0 Å². The number of hydrogen-bond acceptors (Lipinski definition) is 7. The molecule has 0 aliphatic heterocycles. The lowest BCUT2D eigenvalue weighted by molar-refractivity contribution is -0.142. The minimum Gasteiger partial charge on any atom is -0.481 e. The number of nitrogens with one attached hydrogen (secondary N) is 3. The van der Waals surface area contributed by atoms with Gasteiger partial charge in [-0.2, -0.15) is 0 Å². The van der Waals surface area contributed by atoms with E-state index >= 15 is 0 Å². The average Bonchev–Trinajstić information content (AvgIpc) is 2.74. The van der Waals surface area contributed by atoms with Crippen molar-refractivity contribution in [2.75, 3.05) is 6.54 Å². The summed E-state index contributed by atoms with van der Waals surface area (Å²) >= 11 is 0. The lowest BCUT2D eigenvalue weighted by Gasteiger charge is -2.26. The summed E-state index contributed by atoms with van der Waals surface area (Å²) in [4.78, 5) is 60.7. The molecule has 0 saturated heterocycles. The van der Waals surface area contributed by atoms with E-state index in [4.69, 9.17) is 16.6 Å². The van der Waals surface area contributed by atoms with Gasteiger partial charge in [-0.3, -0.25) is 19.2 Å². The Hall–Kier alpha value is -2.73. The number of carboxylic acid groups (broad SMARTS) is 2. The molecule has 35 heavy (non-hydrogen) atoms. The molecular formula is C23H43N5O7. The Morgan fingerprint density at radius 3 is 1.57 bits per heavy atom. The molecular weight excluding hydrogens is 458 g/mol. The van der Waals surface area contributed by atoms with Crippen LogP contribution in [0.1, 0.15) is 72.6 Å². The van der Waals surface area contributed by atoms with Gasteiger partial charge in [-0.25, -0.2) is 4.79 Å². The first kappa shape index (κ1) is 32.3. The van der Waals surface area contributed by atoms with Crippen LogP contribution in [0.3, 0.4) is 0 Å². The standard InChI is InChI=1S/C23H43N5O7/c1-13(2)11-17(27-20(31)15(25)8-9-19(29)30)22(33)28-18(12-14(3)4)21(32)26-16(23(34)35)7-5-6-10-24/h13-18H,5-12,24-25H2,1-4H3,(H,26,32)(H,27,31)(H,28,33)(H,29,30)(H,34,35). The van der Waals surface area contributed by atoms with Crippen molar-refractivity contribution in [3.63, 3.8) is 0 Å². The molecule has 0 aromatic heterocycles. The van der Waals surface area contributed by atoms with Crippen molar-refractivity contribution in [2.45, 2.75) is 96.8 Å². The molecule has 9 N–H and O–H groups in total. The second kappa shape index (κ2) is 16.8. The van der Waals surface area contributed by atoms with Crippen molar-refractivity contribution in [2.24, 2.45) is 23.3 Å². The van der Waals surface area contributed by atoms with E-state index in [0.29, 0.717) is 19.4 Å². The molecule has 0 aromatic carbocycles. The third-order valence-corrected chi connectivity index (χ3v) is 5.25. The van der Waals surface area contributed by atoms with Crippen LogP contribution in [0.5, 0.6) is 0 Å². The van der Waals surface area contributed by atoms with E-state index in [1.165, 1.54) is 0 Å². The predicted molar refractivity (Wildman–Crippen MR) is 130 cm³/mol. The SMILES string of the molecule is CC(C)CC(NC(=O)C(N)CCC(=O)O)C(=O)NC(CC(C)C)C(=O)NC(CCCCN)C(=O)O. The zero-order valence-electron chi connectivity index (χ0n) is 21.2. The first-order valence-corrected chi connectivity index (χ1v) is 12.1. The number of hydrogen-bond donors (Lipinski definition) is 7. The number of carbonyl (C=O) groups is 5. The first-order valence-electron chi connectivity index (χ1n) is 12.1. The zero-order valence-corrected chi connectivity index (χ0v) is 21.2. The third-order valence-electron chi connectivity index (χ3n) is 5.25. The highest BCUT2D eigenvalue weighted by Crippen LogP contribution is 2.10. The molecule has 0 bridgehead atoms. The fraction of sp³-hybridized carbons (Fsp3) is 0.783. The van der Waals surface area contributed by atoms with Gasteiger partial charge in [-0.15, -0.1) is 0 Å². The molecule has 3 amide bonds. The number of amides is 3. The van der Waals surface area contributed by atoms with Gasteiger partial charge in [0.1, 0.15) is 18.1 Å². The van der Waals surface area contributed by atoms with Crippen molar-refractivity contribution >= 4 is 29.7 Å². The Kier molecular flexibility index (Phi) is 15.5. The summed E-state index contributed by atoms with van der Waals surface area (Å²) in [5.41, 5.74) is 11.2. The number of aliphatic carboxylic acids is 2. The van der Waals surface area contributed by atoms with Crippen LogP contribution in [0.15, 0.2) is 0 Å². The molecule has 12 nitrogen and oxygen atoms in total. The van der Waals surface area contributed by atoms with Gasteiger partial charge in [0.05, 0.1) is 6.04 Å². The van der Waals surface area contributed by atoms with Crippen molar-refractivity contribution < 1.29 is 34.2 Å². The van der Waals surface area contributed by atoms with Gasteiger partial charge in [0.15, 0.2) is 0 Å². The number of rotatable bonds is 18. The summed E-state index contributed by atoms with van der Waals surface area (Å²) in [6.07, 6.45) is 1.50. The van der Waals surface area contributed by atoms with E-state index in [0.717, 1.165) is 0 Å². The van der Waals surface area contributed by atoms with Crippen LogP contribution in [-0.2, 0) is 24.0 Å². The van der Waals surface area contributed by atoms with Crippen LogP contribution in [0.4, 0.5) is 0 Å². The fourth-order valence-electron chi connectivity index (χ4n) is 3.39. The van der Waals surface area contributed by atoms with Crippen molar-refractivity contribution in [3.05, 3.63) is 0 Å². The topological polar surface area (TPSA) is 214 Å². The second-order valence-corrected chi connectivity index (χ2v) is 9.60. The van der Waals surface area contributed by atoms with Crippen LogP contribution < -0.4 is 27.4 Å². The van der Waals surface area contributed by atoms with E-state index in [9.17, 15) is 29.1 Å². The van der Waals surface area contributed by atoms with E-state index < -0.39 is 53.8 Å². The molecule has 0 fully saturated rings. The van der Waals surface area contributed by atoms with Gasteiger partial charge in [-0.1, -0.05) is 27.7 Å². The Balaban J connectivity index is 5.44. The highest BCUT2D eigenvalue weighted by molar-refractivity contribution is 5.94. The second-order valence-electron chi connectivity index (χ2n) is 9.60. The summed E-state index contributed by atoms with van der Waals surface area (Å²) < 4.78 is 0. The highest BCUT2D eigenvalue weighted by Gasteiger charge is 2.31. The van der Waals surface area contributed by atoms with E-state index in [1.807, 2.05) is 27.7 Å². The minimum atomic E-state index is -1.18. The molecule has 0 heterocycles. The lowest BCUT2D eigenvalue weighted by atomic mass is 9.99. The van der Waals surface area contributed by atoms with Gasteiger partial charge in [0, 0.05) is 6.42 Å². The Morgan fingerprint density at radius 2 is 1.17 bits per heavy atom. The predicted octanol–water partition coefficient (Wildman–Crippen LogP) is -0.0613. The highest BCUT2D eigenvalue weighted by atomic mass is 16.4. The van der Waals surface area contributed by atoms with Gasteiger partial charge in [0.2, 0.25) is 17.7 Å². The Labute approximate surface area is 206 Å². The number of carboxylic acids is 2. The van der Waals surface area contributed by atoms with Gasteiger partial charge in [0.25, 0.3) is 0 Å². The van der Waals surface area contributed by atoms with Crippen molar-refractivity contribution in [1.82, 2.24) is 16.0 Å². The number of nitrogens with two attached hydrogens (primary N) is 2. The summed E-state index contributed by atoms with van der Waals surface area (Å²) in [6.45, 7) is 7.84. The smallest absolute Gasteiger partial charge is 0.326 e. The van der Waals surface area contributed by atoms with Crippen LogP contribution in [-0.4, -0.2) is 70.6 Å². The molecule has 0 radical (unpaired) electrons. The Morgan fingerprint density at radius 1 is 0.714 bits per heavy atom. The van der Waals surface area contributed by atoms with Crippen LogP contribution in [0, 0.1) is 11.8 Å². The van der Waals surface area contributed by atoms with Gasteiger partial charge in [-0.05, 0) is 56.9 Å². The number of unbranched alkanes of at least 4 members (excludes halogenated alkanes) is 1. The normalized spacial score (nSPS) is 14.6. The molecule has 12 heteroatoms. The molecule has 0 saturated carbocycles. The third kappa shape index (κ3) is 14.3. The molecule has 0 spiro atoms. The van der Waals surface area contributed by atoms with Crippen molar-refractivity contribution in [1.29, 1.82) is 0 Å². The van der Waals surface area contributed by atoms with Gasteiger partial charge < -0.3 is 37.6 Å². The first-order chi connectivity index (χ1) is 16.3. The molecule has 0 aliphatic rings. The maximum Gasteiger partial charge on any atom is 0.326 e. The summed E-state index contributed by atoms with van der Waals surface area (Å²) in [6, 6.07) is -4.22. The van der Waals surface area contributed by atoms with Gasteiger partial charge >= 0.3 is 11.9 Å². The quantitative estimate of drug-likeness (QED) is 0.125. The molecule has 0 aromatic rings. The summed E-state index contributed by atoms with van der Waals surface area (Å²) in [5, 5.41) is 25.9. The lowest BCUT2D eigenvalue weighted by Crippen LogP contribution is -2.57. The van der Waals surface area contributed by atoms with E-state index in [1.54, 1.807) is 0 Å². The monoisotopic (exact) mass is 501 g/mol. The summed E-state index contributed by atoms with van der Waals surface area (Å²) in [7, 11) is 0. The Bertz CT molecular complexity index is 714. The molecule has 4 atom stereocenters. The van der Waals surface area contributed by atoms with E-state index in [2.05, 4.69) is 16.0 Å². The van der Waals surface area contributed by atoms with Crippen LogP contribution >= 0.6 is 0 Å². The number of carbonyl (C=O) groups excluding carboxylic acids is 3. The average molecular weight is 502 g/mol. The molecule has 4 unspecified atom stereocenters. The largest absolute Gasteiger partial charge is 0.481 e. The maximum atomic E-state index is 13.1. The maximum absolute atomic E-state index is 13.1. The molecule has 202 valence electrons. The van der Waals surface area contributed by atoms with Crippen LogP contribution in [0.25, 0.3) is 0 Å². The fourth-order valence-corrected chi connectivity index (χ4v) is 3.39. The molecule has 0 aliphatic carbocycles. The minimum absolute atomic E-state index is 0.00847.